The van der Waals surface area contributed by atoms with Gasteiger partial charge in [0.2, 0.25) is 0 Å². The molecule has 0 aliphatic rings. The van der Waals surface area contributed by atoms with Crippen molar-refractivity contribution in [2.45, 2.75) is 12.7 Å². The summed E-state index contributed by atoms with van der Waals surface area (Å²) in [6.07, 6.45) is -3.26. The Balaban J connectivity index is 1.98. The van der Waals surface area contributed by atoms with Gasteiger partial charge in [0, 0.05) is 0 Å². The van der Waals surface area contributed by atoms with E-state index in [0.717, 1.165) is 16.0 Å². The third kappa shape index (κ3) is 3.37. The minimum Gasteiger partial charge on any atom is -0.454 e. The minimum absolute atomic E-state index is 0.399. The summed E-state index contributed by atoms with van der Waals surface area (Å²) in [5, 5.41) is 2.93. The van der Waals surface area contributed by atoms with Crippen LogP contribution in [0, 0.1) is 3.77 Å². The number of halogens is 4. The number of nitrogens with zero attached hydrogens (tertiary/aromatic N) is 1. The highest BCUT2D eigenvalue weighted by atomic mass is 127. The highest BCUT2D eigenvalue weighted by molar-refractivity contribution is 14.1. The summed E-state index contributed by atoms with van der Waals surface area (Å²) in [5.74, 6) is 0.708. The van der Waals surface area contributed by atoms with Gasteiger partial charge in [0.15, 0.2) is 3.77 Å². The highest BCUT2D eigenvalue weighted by Crippen LogP contribution is 2.27. The van der Waals surface area contributed by atoms with E-state index in [1.807, 2.05) is 28.7 Å². The molecule has 0 radical (unpaired) electrons. The Morgan fingerprint density at radius 1 is 1.22 bits per heavy atom. The number of pyridine rings is 1. The highest BCUT2D eigenvalue weighted by Gasteiger charge is 2.31. The van der Waals surface area contributed by atoms with Crippen LogP contribution in [0.5, 0.6) is 0 Å². The molecule has 2 rings (SSSR count). The molecule has 2 aromatic heterocycles. The summed E-state index contributed by atoms with van der Waals surface area (Å²) < 4.78 is 42.9. The average Bonchev–Trinajstić information content (AvgIpc) is 2.72. The Bertz CT molecular complexity index is 522. The molecule has 2 heterocycles. The average molecular weight is 368 g/mol. The first-order valence-electron chi connectivity index (χ1n) is 4.96. The smallest absolute Gasteiger partial charge is 0.433 e. The largest absolute Gasteiger partial charge is 0.454 e. The van der Waals surface area contributed by atoms with Crippen LogP contribution in [0.25, 0.3) is 0 Å². The molecule has 1 N–H and O–H groups in total. The summed E-state index contributed by atoms with van der Waals surface area (Å²) >= 11 is 2.04. The van der Waals surface area contributed by atoms with E-state index in [-0.39, 0.29) is 0 Å². The summed E-state index contributed by atoms with van der Waals surface area (Å²) in [6, 6.07) is 5.88. The molecule has 0 aromatic carbocycles. The first-order valence-corrected chi connectivity index (χ1v) is 6.04. The maximum absolute atomic E-state index is 12.3. The SMILES string of the molecule is FC(F)(F)c1ccc(NCc2ccc(I)o2)cn1. The van der Waals surface area contributed by atoms with Gasteiger partial charge in [-0.2, -0.15) is 13.2 Å². The molecule has 0 unspecified atom stereocenters. The van der Waals surface area contributed by atoms with E-state index in [0.29, 0.717) is 18.0 Å². The minimum atomic E-state index is -4.41. The number of hydrogen-bond acceptors (Lipinski definition) is 3. The Hall–Kier alpha value is -1.25. The van der Waals surface area contributed by atoms with E-state index in [2.05, 4.69) is 10.3 Å². The number of furan rings is 1. The van der Waals surface area contributed by atoms with Crippen LogP contribution in [0.1, 0.15) is 11.5 Å². The molecule has 2 aromatic rings. The topological polar surface area (TPSA) is 38.1 Å². The predicted octanol–water partition coefficient (Wildman–Crippen LogP) is 3.91. The van der Waals surface area contributed by atoms with E-state index in [1.165, 1.54) is 6.07 Å². The molecular formula is C11H8F3IN2O. The molecule has 3 nitrogen and oxygen atoms in total. The van der Waals surface area contributed by atoms with Gasteiger partial charge in [-0.05, 0) is 46.9 Å². The van der Waals surface area contributed by atoms with Gasteiger partial charge >= 0.3 is 6.18 Å². The number of rotatable bonds is 3. The van der Waals surface area contributed by atoms with Crippen LogP contribution in [-0.2, 0) is 12.7 Å². The molecule has 0 aliphatic heterocycles. The van der Waals surface area contributed by atoms with Crippen molar-refractivity contribution in [3.63, 3.8) is 0 Å². The molecule has 0 spiro atoms. The van der Waals surface area contributed by atoms with Crippen LogP contribution in [0.4, 0.5) is 18.9 Å². The zero-order valence-corrected chi connectivity index (χ0v) is 11.1. The second kappa shape index (κ2) is 5.17. The van der Waals surface area contributed by atoms with E-state index < -0.39 is 11.9 Å². The fourth-order valence-electron chi connectivity index (χ4n) is 1.30. The third-order valence-electron chi connectivity index (χ3n) is 2.15. The Morgan fingerprint density at radius 2 is 2.00 bits per heavy atom. The maximum atomic E-state index is 12.3. The van der Waals surface area contributed by atoms with Gasteiger partial charge in [0.05, 0.1) is 18.4 Å². The normalized spacial score (nSPS) is 11.6. The van der Waals surface area contributed by atoms with Gasteiger partial charge in [-0.25, -0.2) is 4.98 Å². The molecule has 0 aliphatic carbocycles. The van der Waals surface area contributed by atoms with Gasteiger partial charge < -0.3 is 9.73 Å². The van der Waals surface area contributed by atoms with Crippen LogP contribution in [0.2, 0.25) is 0 Å². The molecule has 96 valence electrons. The Labute approximate surface area is 115 Å². The van der Waals surface area contributed by atoms with Crippen molar-refractivity contribution >= 4 is 28.3 Å². The fraction of sp³-hybridized carbons (Fsp3) is 0.182. The lowest BCUT2D eigenvalue weighted by atomic mass is 10.3. The lowest BCUT2D eigenvalue weighted by Crippen LogP contribution is -2.08. The van der Waals surface area contributed by atoms with Crippen LogP contribution >= 0.6 is 22.6 Å². The number of nitrogens with one attached hydrogen (secondary N) is 1. The van der Waals surface area contributed by atoms with E-state index >= 15 is 0 Å². The molecule has 0 saturated carbocycles. The zero-order chi connectivity index (χ0) is 13.2. The summed E-state index contributed by atoms with van der Waals surface area (Å²) in [5.41, 5.74) is -0.394. The first-order chi connectivity index (χ1) is 8.45. The van der Waals surface area contributed by atoms with Crippen molar-refractivity contribution in [2.24, 2.45) is 0 Å². The number of anilines is 1. The molecule has 0 atom stereocenters. The summed E-state index contributed by atoms with van der Waals surface area (Å²) in [4.78, 5) is 3.35. The van der Waals surface area contributed by atoms with Crippen molar-refractivity contribution in [3.05, 3.63) is 45.7 Å². The van der Waals surface area contributed by atoms with Gasteiger partial charge in [0.25, 0.3) is 0 Å². The molecule has 0 bridgehead atoms. The number of aromatic nitrogens is 1. The molecule has 0 fully saturated rings. The van der Waals surface area contributed by atoms with Gasteiger partial charge in [-0.1, -0.05) is 0 Å². The summed E-state index contributed by atoms with van der Waals surface area (Å²) in [6.45, 7) is 0.399. The number of hydrogen-bond donors (Lipinski definition) is 1. The summed E-state index contributed by atoms with van der Waals surface area (Å²) in [7, 11) is 0. The first kappa shape index (κ1) is 13.2. The number of alkyl halides is 3. The van der Waals surface area contributed by atoms with Crippen molar-refractivity contribution in [1.29, 1.82) is 0 Å². The van der Waals surface area contributed by atoms with Crippen LogP contribution in [-0.4, -0.2) is 4.98 Å². The standard InChI is InChI=1S/C11H8F3IN2O/c12-11(13,14)9-3-1-7(5-17-9)16-6-8-2-4-10(15)18-8/h1-5,16H,6H2. The van der Waals surface area contributed by atoms with Crippen LogP contribution in [0.3, 0.4) is 0 Å². The molecule has 18 heavy (non-hydrogen) atoms. The second-order valence-corrected chi connectivity index (χ2v) is 4.55. The van der Waals surface area contributed by atoms with Gasteiger partial charge in [0.1, 0.15) is 11.5 Å². The lowest BCUT2D eigenvalue weighted by molar-refractivity contribution is -0.141. The fourth-order valence-corrected chi connectivity index (χ4v) is 1.76. The molecule has 7 heteroatoms. The van der Waals surface area contributed by atoms with E-state index in [9.17, 15) is 13.2 Å². The van der Waals surface area contributed by atoms with Crippen LogP contribution < -0.4 is 5.32 Å². The Morgan fingerprint density at radius 3 is 2.50 bits per heavy atom. The van der Waals surface area contributed by atoms with Crippen molar-refractivity contribution < 1.29 is 17.6 Å². The maximum Gasteiger partial charge on any atom is 0.433 e. The van der Waals surface area contributed by atoms with E-state index in [1.54, 1.807) is 6.07 Å². The lowest BCUT2D eigenvalue weighted by Gasteiger charge is -2.07. The molecule has 0 amide bonds. The van der Waals surface area contributed by atoms with Crippen molar-refractivity contribution in [1.82, 2.24) is 4.98 Å². The van der Waals surface area contributed by atoms with Crippen LogP contribution in [0.15, 0.2) is 34.9 Å². The molecule has 0 saturated heterocycles. The molecular weight excluding hydrogens is 360 g/mol. The van der Waals surface area contributed by atoms with Crippen molar-refractivity contribution in [3.8, 4) is 0 Å². The van der Waals surface area contributed by atoms with Crippen molar-refractivity contribution in [2.75, 3.05) is 5.32 Å². The van der Waals surface area contributed by atoms with Gasteiger partial charge in [-0.3, -0.25) is 0 Å². The Kier molecular flexibility index (Phi) is 3.79. The van der Waals surface area contributed by atoms with Gasteiger partial charge in [-0.15, -0.1) is 0 Å². The zero-order valence-electron chi connectivity index (χ0n) is 8.96. The monoisotopic (exact) mass is 368 g/mol. The quantitative estimate of drug-likeness (QED) is 0.835. The third-order valence-corrected chi connectivity index (χ3v) is 2.73. The van der Waals surface area contributed by atoms with E-state index in [4.69, 9.17) is 4.42 Å². The second-order valence-electron chi connectivity index (χ2n) is 3.49. The predicted molar refractivity (Wildman–Crippen MR) is 68.0 cm³/mol.